The summed E-state index contributed by atoms with van der Waals surface area (Å²) in [6.45, 7) is 1.46. The van der Waals surface area contributed by atoms with Gasteiger partial charge in [-0.25, -0.2) is 0 Å². The molecule has 5 rings (SSSR count). The van der Waals surface area contributed by atoms with Crippen LogP contribution in [0.4, 0.5) is 0 Å². The lowest BCUT2D eigenvalue weighted by atomic mass is 9.87. The average Bonchev–Trinajstić information content (AvgIpc) is 3.21. The summed E-state index contributed by atoms with van der Waals surface area (Å²) < 4.78 is 21.8. The average molecular weight is 396 g/mol. The number of ketones is 1. The van der Waals surface area contributed by atoms with Crippen molar-refractivity contribution in [1.29, 1.82) is 0 Å². The van der Waals surface area contributed by atoms with Crippen LogP contribution in [-0.2, 0) is 40.0 Å². The summed E-state index contributed by atoms with van der Waals surface area (Å²) in [5.41, 5.74) is 5.12. The number of Topliss-reactive ketones (excluding diaryl/α,β-unsaturated/α-hetero) is 1. The third-order valence-corrected chi connectivity index (χ3v) is 5.94. The van der Waals surface area contributed by atoms with Crippen LogP contribution < -0.4 is 9.47 Å². The van der Waals surface area contributed by atoms with Gasteiger partial charge in [-0.05, 0) is 59.4 Å². The number of fused-ring (bicyclic) bond motifs is 2. The zero-order valence-electron chi connectivity index (χ0n) is 17.2. The second kappa shape index (κ2) is 8.56. The van der Waals surface area contributed by atoms with Gasteiger partial charge < -0.3 is 18.9 Å². The summed E-state index contributed by atoms with van der Waals surface area (Å²) in [7, 11) is 3.37. The van der Waals surface area contributed by atoms with Crippen LogP contribution in [0.5, 0.6) is 11.5 Å². The van der Waals surface area contributed by atoms with Gasteiger partial charge in [0.1, 0.15) is 17.3 Å². The molecule has 2 aliphatic carbocycles. The summed E-state index contributed by atoms with van der Waals surface area (Å²) in [5, 5.41) is 0. The van der Waals surface area contributed by atoms with Crippen LogP contribution in [0.25, 0.3) is 0 Å². The van der Waals surface area contributed by atoms with E-state index in [0.29, 0.717) is 18.6 Å². The first-order valence-corrected chi connectivity index (χ1v) is 10.2. The van der Waals surface area contributed by atoms with E-state index in [9.17, 15) is 4.79 Å². The van der Waals surface area contributed by atoms with E-state index in [1.165, 1.54) is 16.7 Å². The standard InChI is InChI=1S/C13H16O3.C11H12O2/c1-14-12-3-2-11-9-13(15-6-7-16-13)5-4-10(11)8-12;1-13-11-5-3-8-6-10(12)4-2-9(8)7-11/h2-3,8H,4-7,9H2,1H3;3,5,7H,2,4,6H2,1H3. The van der Waals surface area contributed by atoms with Gasteiger partial charge in [0.25, 0.3) is 0 Å². The predicted molar refractivity (Wildman–Crippen MR) is 110 cm³/mol. The Morgan fingerprint density at radius 1 is 0.793 bits per heavy atom. The van der Waals surface area contributed by atoms with Crippen LogP contribution >= 0.6 is 0 Å². The molecule has 5 heteroatoms. The number of hydrogen-bond acceptors (Lipinski definition) is 5. The molecular weight excluding hydrogens is 368 g/mol. The van der Waals surface area contributed by atoms with Gasteiger partial charge in [-0.2, -0.15) is 0 Å². The SMILES string of the molecule is COc1ccc2c(c1)CCC(=O)C2.COc1ccc2c(c1)CCC1(C2)OCCO1. The Bertz CT molecular complexity index is 883. The quantitative estimate of drug-likeness (QED) is 0.775. The second-order valence-electron chi connectivity index (χ2n) is 7.77. The fourth-order valence-corrected chi connectivity index (χ4v) is 4.29. The Morgan fingerprint density at radius 3 is 2.07 bits per heavy atom. The Hall–Kier alpha value is -2.37. The first-order chi connectivity index (χ1) is 14.1. The Morgan fingerprint density at radius 2 is 1.41 bits per heavy atom. The second-order valence-corrected chi connectivity index (χ2v) is 7.77. The molecule has 3 aliphatic rings. The largest absolute Gasteiger partial charge is 0.497 e. The first-order valence-electron chi connectivity index (χ1n) is 10.2. The third-order valence-electron chi connectivity index (χ3n) is 5.94. The van der Waals surface area contributed by atoms with Gasteiger partial charge in [0.2, 0.25) is 0 Å². The normalized spacial score (nSPS) is 19.0. The molecule has 0 saturated carbocycles. The molecule has 1 heterocycles. The van der Waals surface area contributed by atoms with Gasteiger partial charge >= 0.3 is 0 Å². The van der Waals surface area contributed by atoms with Gasteiger partial charge in [-0.3, -0.25) is 4.79 Å². The lowest BCUT2D eigenvalue weighted by molar-refractivity contribution is -0.163. The molecule has 0 bridgehead atoms. The van der Waals surface area contributed by atoms with Gasteiger partial charge in [-0.1, -0.05) is 12.1 Å². The zero-order valence-corrected chi connectivity index (χ0v) is 17.2. The summed E-state index contributed by atoms with van der Waals surface area (Å²) in [6, 6.07) is 12.2. The van der Waals surface area contributed by atoms with E-state index in [1.54, 1.807) is 14.2 Å². The molecule has 0 aromatic heterocycles. The van der Waals surface area contributed by atoms with Gasteiger partial charge in [0.05, 0.1) is 27.4 Å². The van der Waals surface area contributed by atoms with Gasteiger partial charge in [0, 0.05) is 25.7 Å². The van der Waals surface area contributed by atoms with Crippen molar-refractivity contribution >= 4 is 5.78 Å². The molecule has 29 heavy (non-hydrogen) atoms. The zero-order chi connectivity index (χ0) is 20.3. The van der Waals surface area contributed by atoms with E-state index >= 15 is 0 Å². The van der Waals surface area contributed by atoms with E-state index in [-0.39, 0.29) is 5.79 Å². The van der Waals surface area contributed by atoms with E-state index in [0.717, 1.165) is 56.0 Å². The number of ether oxygens (including phenoxy) is 4. The lowest BCUT2D eigenvalue weighted by Crippen LogP contribution is -2.36. The van der Waals surface area contributed by atoms with Crippen LogP contribution in [0.15, 0.2) is 36.4 Å². The minimum Gasteiger partial charge on any atom is -0.497 e. The van der Waals surface area contributed by atoms with Crippen molar-refractivity contribution in [3.63, 3.8) is 0 Å². The van der Waals surface area contributed by atoms with Crippen molar-refractivity contribution in [3.05, 3.63) is 58.7 Å². The highest BCUT2D eigenvalue weighted by Crippen LogP contribution is 2.36. The molecule has 2 aromatic rings. The maximum Gasteiger partial charge on any atom is 0.172 e. The Kier molecular flexibility index (Phi) is 5.88. The molecule has 1 aliphatic heterocycles. The van der Waals surface area contributed by atoms with Crippen LogP contribution in [0.2, 0.25) is 0 Å². The first kappa shape index (κ1) is 19.9. The highest BCUT2D eigenvalue weighted by atomic mass is 16.7. The monoisotopic (exact) mass is 396 g/mol. The van der Waals surface area contributed by atoms with Gasteiger partial charge in [-0.15, -0.1) is 0 Å². The minimum absolute atomic E-state index is 0.332. The number of benzene rings is 2. The number of carbonyl (C=O) groups excluding carboxylic acids is 1. The molecule has 1 spiro atoms. The topological polar surface area (TPSA) is 54.0 Å². The van der Waals surface area contributed by atoms with Crippen molar-refractivity contribution in [2.24, 2.45) is 0 Å². The molecule has 2 aromatic carbocycles. The molecule has 0 amide bonds. The van der Waals surface area contributed by atoms with E-state index in [2.05, 4.69) is 12.1 Å². The van der Waals surface area contributed by atoms with Crippen LogP contribution in [0, 0.1) is 0 Å². The summed E-state index contributed by atoms with van der Waals surface area (Å²) in [5.74, 6) is 1.83. The highest BCUT2D eigenvalue weighted by Gasteiger charge is 2.39. The lowest BCUT2D eigenvalue weighted by Gasteiger charge is -2.32. The minimum atomic E-state index is -0.332. The molecule has 1 fully saturated rings. The van der Waals surface area contributed by atoms with E-state index in [4.69, 9.17) is 18.9 Å². The van der Waals surface area contributed by atoms with Crippen LogP contribution in [0.3, 0.4) is 0 Å². The molecular formula is C24H28O5. The third kappa shape index (κ3) is 4.46. The summed E-state index contributed by atoms with van der Waals surface area (Å²) >= 11 is 0. The van der Waals surface area contributed by atoms with Crippen molar-refractivity contribution in [2.45, 2.75) is 44.3 Å². The van der Waals surface area contributed by atoms with E-state index in [1.807, 2.05) is 24.3 Å². The molecule has 0 atom stereocenters. The molecule has 0 N–H and O–H groups in total. The number of rotatable bonds is 2. The predicted octanol–water partition coefficient (Wildman–Crippen LogP) is 3.68. The highest BCUT2D eigenvalue weighted by molar-refractivity contribution is 5.83. The van der Waals surface area contributed by atoms with Crippen LogP contribution in [-0.4, -0.2) is 39.0 Å². The summed E-state index contributed by atoms with van der Waals surface area (Å²) in [4.78, 5) is 11.1. The molecule has 0 radical (unpaired) electrons. The molecule has 154 valence electrons. The Balaban J connectivity index is 0.000000145. The van der Waals surface area contributed by atoms with Crippen molar-refractivity contribution < 1.29 is 23.7 Å². The maximum absolute atomic E-state index is 11.1. The summed E-state index contributed by atoms with van der Waals surface area (Å²) in [6.07, 6.45) is 4.97. The number of methoxy groups -OCH3 is 2. The number of hydrogen-bond donors (Lipinski definition) is 0. The number of aryl methyl sites for hydroxylation is 2. The molecule has 5 nitrogen and oxygen atoms in total. The number of carbonyl (C=O) groups is 1. The van der Waals surface area contributed by atoms with Crippen molar-refractivity contribution in [2.75, 3.05) is 27.4 Å². The fourth-order valence-electron chi connectivity index (χ4n) is 4.29. The Labute approximate surface area is 171 Å². The maximum atomic E-state index is 11.1. The van der Waals surface area contributed by atoms with E-state index < -0.39 is 0 Å². The molecule has 1 saturated heterocycles. The fraction of sp³-hybridized carbons (Fsp3) is 0.458. The van der Waals surface area contributed by atoms with Crippen LogP contribution in [0.1, 0.15) is 35.1 Å². The van der Waals surface area contributed by atoms with Gasteiger partial charge in [0.15, 0.2) is 5.79 Å². The smallest absolute Gasteiger partial charge is 0.172 e. The van der Waals surface area contributed by atoms with Crippen molar-refractivity contribution in [1.82, 2.24) is 0 Å². The van der Waals surface area contributed by atoms with Crippen molar-refractivity contribution in [3.8, 4) is 11.5 Å². The molecule has 0 unspecified atom stereocenters.